The van der Waals surface area contributed by atoms with Crippen molar-refractivity contribution in [3.05, 3.63) is 0 Å². The van der Waals surface area contributed by atoms with Gasteiger partial charge in [-0.25, -0.2) is 8.78 Å². The lowest BCUT2D eigenvalue weighted by molar-refractivity contribution is -0.0322. The third-order valence-corrected chi connectivity index (χ3v) is 3.11. The molecule has 0 fully saturated rings. The molecule has 0 aromatic heterocycles. The standard InChI is InChI=1S/C5H12F2O4Si/c1-8-12(9-2,11-5-7)10-4-3-6/h3-5H2,1-2H3. The van der Waals surface area contributed by atoms with Crippen LogP contribution in [0.5, 0.6) is 0 Å². The van der Waals surface area contributed by atoms with Gasteiger partial charge in [-0.1, -0.05) is 0 Å². The first-order valence-electron chi connectivity index (χ1n) is 3.24. The third kappa shape index (κ3) is 3.54. The highest BCUT2D eigenvalue weighted by Crippen LogP contribution is 2.08. The molecule has 0 heterocycles. The average molecular weight is 202 g/mol. The smallest absolute Gasteiger partial charge is 0.355 e. The minimum absolute atomic E-state index is 0.228. The summed E-state index contributed by atoms with van der Waals surface area (Å²) in [6.07, 6.45) is 0. The van der Waals surface area contributed by atoms with Gasteiger partial charge in [-0.2, -0.15) is 0 Å². The van der Waals surface area contributed by atoms with E-state index in [9.17, 15) is 8.78 Å². The van der Waals surface area contributed by atoms with Crippen LogP contribution in [0.4, 0.5) is 8.78 Å². The van der Waals surface area contributed by atoms with Crippen molar-refractivity contribution in [3.8, 4) is 0 Å². The first-order chi connectivity index (χ1) is 5.74. The van der Waals surface area contributed by atoms with Gasteiger partial charge in [0.2, 0.25) is 0 Å². The maximum atomic E-state index is 11.8. The van der Waals surface area contributed by atoms with Crippen LogP contribution in [0.2, 0.25) is 0 Å². The van der Waals surface area contributed by atoms with E-state index in [1.807, 2.05) is 0 Å². The summed E-state index contributed by atoms with van der Waals surface area (Å²) in [4.78, 5) is 0. The lowest BCUT2D eigenvalue weighted by Crippen LogP contribution is -2.47. The second kappa shape index (κ2) is 6.43. The molecule has 4 nitrogen and oxygen atoms in total. The van der Waals surface area contributed by atoms with Gasteiger partial charge in [0, 0.05) is 14.2 Å². The first kappa shape index (κ1) is 11.9. The number of halogens is 2. The van der Waals surface area contributed by atoms with Crippen molar-refractivity contribution < 1.29 is 26.5 Å². The molecule has 74 valence electrons. The summed E-state index contributed by atoms with van der Waals surface area (Å²) in [6.45, 7) is -2.01. The van der Waals surface area contributed by atoms with E-state index in [1.165, 1.54) is 14.2 Å². The Morgan fingerprint density at radius 1 is 1.08 bits per heavy atom. The second-order valence-corrected chi connectivity index (χ2v) is 4.09. The van der Waals surface area contributed by atoms with Gasteiger partial charge in [-0.3, -0.25) is 0 Å². The zero-order valence-electron chi connectivity index (χ0n) is 7.01. The molecular weight excluding hydrogens is 190 g/mol. The van der Waals surface area contributed by atoms with Crippen molar-refractivity contribution in [1.29, 1.82) is 0 Å². The topological polar surface area (TPSA) is 36.9 Å². The zero-order chi connectivity index (χ0) is 9.45. The summed E-state index contributed by atoms with van der Waals surface area (Å²) in [5.41, 5.74) is 0. The van der Waals surface area contributed by atoms with E-state index >= 15 is 0 Å². The Labute approximate surface area is 70.9 Å². The predicted molar refractivity (Wildman–Crippen MR) is 38.8 cm³/mol. The zero-order valence-corrected chi connectivity index (χ0v) is 8.01. The molecule has 0 atom stereocenters. The fourth-order valence-corrected chi connectivity index (χ4v) is 1.77. The molecule has 0 saturated carbocycles. The average Bonchev–Trinajstić information content (AvgIpc) is 2.13. The van der Waals surface area contributed by atoms with Gasteiger partial charge in [-0.15, -0.1) is 0 Å². The minimum atomic E-state index is -3.38. The van der Waals surface area contributed by atoms with Crippen LogP contribution >= 0.6 is 0 Å². The van der Waals surface area contributed by atoms with Crippen LogP contribution < -0.4 is 0 Å². The van der Waals surface area contributed by atoms with Crippen LogP contribution in [-0.2, 0) is 17.7 Å². The molecule has 0 aliphatic heterocycles. The van der Waals surface area contributed by atoms with Crippen molar-refractivity contribution in [1.82, 2.24) is 0 Å². The Bertz CT molecular complexity index is 112. The van der Waals surface area contributed by atoms with Crippen LogP contribution in [-0.4, -0.2) is 43.4 Å². The van der Waals surface area contributed by atoms with E-state index in [1.54, 1.807) is 0 Å². The quantitative estimate of drug-likeness (QED) is 0.568. The van der Waals surface area contributed by atoms with E-state index in [0.717, 1.165) is 0 Å². The summed E-state index contributed by atoms with van der Waals surface area (Å²) in [7, 11) is -0.872. The van der Waals surface area contributed by atoms with Gasteiger partial charge < -0.3 is 17.7 Å². The lowest BCUT2D eigenvalue weighted by atomic mass is 10.9. The largest absolute Gasteiger partial charge is 0.681 e. The van der Waals surface area contributed by atoms with Gasteiger partial charge in [0.15, 0.2) is 6.86 Å². The molecule has 0 aliphatic rings. The van der Waals surface area contributed by atoms with Crippen molar-refractivity contribution in [2.75, 3.05) is 34.4 Å². The molecule has 0 N–H and O–H groups in total. The molecule has 0 amide bonds. The summed E-state index contributed by atoms with van der Waals surface area (Å²) in [5, 5.41) is 0. The van der Waals surface area contributed by atoms with Crippen molar-refractivity contribution >= 4 is 9.05 Å². The number of hydrogen-bond acceptors (Lipinski definition) is 4. The van der Waals surface area contributed by atoms with E-state index in [0.29, 0.717) is 0 Å². The predicted octanol–water partition coefficient (Wildman–Crippen LogP) is 0.644. The van der Waals surface area contributed by atoms with Gasteiger partial charge in [0.25, 0.3) is 0 Å². The fraction of sp³-hybridized carbons (Fsp3) is 1.00. The summed E-state index contributed by atoms with van der Waals surface area (Å²) in [6, 6.07) is 0. The van der Waals surface area contributed by atoms with Crippen LogP contribution in [0.3, 0.4) is 0 Å². The van der Waals surface area contributed by atoms with E-state index in [-0.39, 0.29) is 6.61 Å². The van der Waals surface area contributed by atoms with Crippen LogP contribution in [0, 0.1) is 0 Å². The molecule has 0 radical (unpaired) electrons. The Hall–Kier alpha value is -0.0831. The highest BCUT2D eigenvalue weighted by Gasteiger charge is 2.43. The summed E-state index contributed by atoms with van der Waals surface area (Å²) >= 11 is 0. The molecule has 0 saturated heterocycles. The number of alkyl halides is 2. The Balaban J connectivity index is 3.95. The highest BCUT2D eigenvalue weighted by atomic mass is 28.4. The van der Waals surface area contributed by atoms with Crippen LogP contribution in [0.15, 0.2) is 0 Å². The fourth-order valence-electron chi connectivity index (χ4n) is 0.591. The molecule has 0 unspecified atom stereocenters. The van der Waals surface area contributed by atoms with Crippen molar-refractivity contribution in [3.63, 3.8) is 0 Å². The molecule has 12 heavy (non-hydrogen) atoms. The minimum Gasteiger partial charge on any atom is -0.355 e. The van der Waals surface area contributed by atoms with Crippen LogP contribution in [0.25, 0.3) is 0 Å². The molecule has 0 aliphatic carbocycles. The lowest BCUT2D eigenvalue weighted by Gasteiger charge is -2.22. The van der Waals surface area contributed by atoms with Crippen molar-refractivity contribution in [2.45, 2.75) is 0 Å². The van der Waals surface area contributed by atoms with Gasteiger partial charge in [0.1, 0.15) is 6.67 Å². The van der Waals surface area contributed by atoms with E-state index in [2.05, 4.69) is 4.43 Å². The molecule has 0 rings (SSSR count). The number of hydrogen-bond donors (Lipinski definition) is 0. The summed E-state index contributed by atoms with van der Waals surface area (Å²) in [5.74, 6) is 0. The maximum absolute atomic E-state index is 11.8. The van der Waals surface area contributed by atoms with E-state index < -0.39 is 22.6 Å². The second-order valence-electron chi connectivity index (χ2n) is 1.70. The SMILES string of the molecule is CO[Si](OC)(OCF)OCCF. The van der Waals surface area contributed by atoms with Crippen LogP contribution in [0.1, 0.15) is 0 Å². The third-order valence-electron chi connectivity index (χ3n) is 1.09. The van der Waals surface area contributed by atoms with Gasteiger partial charge >= 0.3 is 9.05 Å². The summed E-state index contributed by atoms with van der Waals surface area (Å²) < 4.78 is 42.1. The normalized spacial score (nSPS) is 12.0. The molecular formula is C5H12F2O4Si. The highest BCUT2D eigenvalue weighted by molar-refractivity contribution is 6.53. The molecule has 0 bridgehead atoms. The molecule has 0 spiro atoms. The van der Waals surface area contributed by atoms with Crippen molar-refractivity contribution in [2.24, 2.45) is 0 Å². The van der Waals surface area contributed by atoms with Gasteiger partial charge in [-0.05, 0) is 0 Å². The van der Waals surface area contributed by atoms with E-state index in [4.69, 9.17) is 13.3 Å². The molecule has 0 aromatic rings. The first-order valence-corrected chi connectivity index (χ1v) is 4.88. The Morgan fingerprint density at radius 3 is 2.00 bits per heavy atom. The molecule has 0 aromatic carbocycles. The molecule has 7 heteroatoms. The maximum Gasteiger partial charge on any atom is 0.681 e. The Morgan fingerprint density at radius 2 is 1.67 bits per heavy atom. The van der Waals surface area contributed by atoms with Gasteiger partial charge in [0.05, 0.1) is 6.61 Å². The Kier molecular flexibility index (Phi) is 6.39. The number of rotatable bonds is 7. The monoisotopic (exact) mass is 202 g/mol.